The number of quaternary nitrogens is 1. The number of hydrogen-bond acceptors (Lipinski definition) is 4. The van der Waals surface area contributed by atoms with Gasteiger partial charge in [0, 0.05) is 5.56 Å². The van der Waals surface area contributed by atoms with Gasteiger partial charge in [-0.15, -0.1) is 0 Å². The first-order valence-corrected chi connectivity index (χ1v) is 7.75. The maximum Gasteiger partial charge on any atom is 0.161 e. The van der Waals surface area contributed by atoms with E-state index in [1.165, 1.54) is 14.0 Å². The van der Waals surface area contributed by atoms with E-state index in [1.54, 1.807) is 18.2 Å². The van der Waals surface area contributed by atoms with Crippen LogP contribution in [0.15, 0.2) is 18.2 Å². The number of Topliss-reactive ketones (excluding diaryl/α,β-unsaturated/α-hetero) is 1. The van der Waals surface area contributed by atoms with Gasteiger partial charge in [0.2, 0.25) is 0 Å². The molecule has 0 saturated heterocycles. The lowest BCUT2D eigenvalue weighted by Gasteiger charge is -2.14. The van der Waals surface area contributed by atoms with Crippen molar-refractivity contribution >= 4 is 5.78 Å². The smallest absolute Gasteiger partial charge is 0.161 e. The van der Waals surface area contributed by atoms with E-state index in [4.69, 9.17) is 9.47 Å². The average Bonchev–Trinajstić information content (AvgIpc) is 2.49. The molecule has 124 valence electrons. The molecule has 0 spiro atoms. The molecule has 1 rings (SSSR count). The van der Waals surface area contributed by atoms with Crippen LogP contribution in [0.1, 0.15) is 37.6 Å². The molecular formula is C17H28NO4+. The fourth-order valence-corrected chi connectivity index (χ4v) is 2.02. The van der Waals surface area contributed by atoms with Crippen molar-refractivity contribution in [2.75, 3.05) is 26.8 Å². The summed E-state index contributed by atoms with van der Waals surface area (Å²) in [5.41, 5.74) is 0.576. The van der Waals surface area contributed by atoms with Gasteiger partial charge in [-0.3, -0.25) is 4.79 Å². The van der Waals surface area contributed by atoms with Crippen LogP contribution in [-0.2, 0) is 0 Å². The number of rotatable bonds is 10. The summed E-state index contributed by atoms with van der Waals surface area (Å²) in [7, 11) is 1.53. The van der Waals surface area contributed by atoms with Gasteiger partial charge in [0.05, 0.1) is 13.7 Å². The molecule has 0 amide bonds. The molecule has 0 unspecified atom stereocenters. The minimum atomic E-state index is -0.538. The van der Waals surface area contributed by atoms with Crippen molar-refractivity contribution in [2.45, 2.75) is 33.3 Å². The van der Waals surface area contributed by atoms with Gasteiger partial charge in [0.25, 0.3) is 0 Å². The lowest BCUT2D eigenvalue weighted by Crippen LogP contribution is -2.86. The number of aliphatic hydroxyl groups is 1. The number of nitrogens with two attached hydrogens (primary N) is 1. The van der Waals surface area contributed by atoms with Crippen LogP contribution >= 0.6 is 0 Å². The number of methoxy groups -OCH3 is 1. The number of aliphatic hydroxyl groups excluding tert-OH is 1. The molecule has 0 aliphatic carbocycles. The molecule has 5 nitrogen and oxygen atoms in total. The van der Waals surface area contributed by atoms with Gasteiger partial charge in [0.15, 0.2) is 17.3 Å². The Kier molecular flexibility index (Phi) is 7.91. The molecule has 1 atom stereocenters. The molecule has 22 heavy (non-hydrogen) atoms. The number of hydrogen-bond donors (Lipinski definition) is 2. The molecule has 0 aromatic heterocycles. The Hall–Kier alpha value is -1.59. The summed E-state index contributed by atoms with van der Waals surface area (Å²) in [6.07, 6.45) is 0.595. The predicted octanol–water partition coefficient (Wildman–Crippen LogP) is 1.25. The second-order valence-corrected chi connectivity index (χ2v) is 5.88. The molecule has 0 radical (unpaired) electrons. The van der Waals surface area contributed by atoms with E-state index in [2.05, 4.69) is 19.2 Å². The fourth-order valence-electron chi connectivity index (χ4n) is 2.02. The highest BCUT2D eigenvalue weighted by atomic mass is 16.5. The first kappa shape index (κ1) is 18.5. The molecule has 5 heteroatoms. The van der Waals surface area contributed by atoms with Gasteiger partial charge in [-0.05, 0) is 37.5 Å². The Balaban J connectivity index is 2.45. The van der Waals surface area contributed by atoms with E-state index < -0.39 is 6.10 Å². The summed E-state index contributed by atoms with van der Waals surface area (Å²) in [6.45, 7) is 7.70. The van der Waals surface area contributed by atoms with Crippen molar-refractivity contribution in [3.8, 4) is 11.5 Å². The van der Waals surface area contributed by atoms with Crippen molar-refractivity contribution in [2.24, 2.45) is 5.92 Å². The second-order valence-electron chi connectivity index (χ2n) is 5.88. The van der Waals surface area contributed by atoms with Gasteiger partial charge in [0.1, 0.15) is 19.3 Å². The van der Waals surface area contributed by atoms with Crippen LogP contribution in [0.25, 0.3) is 0 Å². The topological polar surface area (TPSA) is 72.4 Å². The Bertz CT molecular complexity index is 474. The highest BCUT2D eigenvalue weighted by molar-refractivity contribution is 5.94. The Morgan fingerprint density at radius 2 is 2.05 bits per heavy atom. The van der Waals surface area contributed by atoms with E-state index in [9.17, 15) is 9.90 Å². The normalized spacial score (nSPS) is 12.3. The molecule has 0 fully saturated rings. The van der Waals surface area contributed by atoms with E-state index in [-0.39, 0.29) is 12.4 Å². The van der Waals surface area contributed by atoms with Crippen molar-refractivity contribution in [3.63, 3.8) is 0 Å². The third-order valence-electron chi connectivity index (χ3n) is 3.39. The van der Waals surface area contributed by atoms with Crippen LogP contribution in [0.2, 0.25) is 0 Å². The molecule has 0 bridgehead atoms. The summed E-state index contributed by atoms with van der Waals surface area (Å²) in [4.78, 5) is 11.3. The summed E-state index contributed by atoms with van der Waals surface area (Å²) in [6, 6.07) is 5.05. The van der Waals surface area contributed by atoms with Gasteiger partial charge < -0.3 is 19.9 Å². The second kappa shape index (κ2) is 9.43. The molecule has 0 aliphatic heterocycles. The van der Waals surface area contributed by atoms with Crippen LogP contribution in [0.5, 0.6) is 11.5 Å². The fraction of sp³-hybridized carbons (Fsp3) is 0.588. The van der Waals surface area contributed by atoms with E-state index in [0.29, 0.717) is 29.5 Å². The van der Waals surface area contributed by atoms with Crippen LogP contribution in [0.3, 0.4) is 0 Å². The third kappa shape index (κ3) is 6.45. The van der Waals surface area contributed by atoms with E-state index in [0.717, 1.165) is 13.0 Å². The number of carbonyl (C=O) groups is 1. The lowest BCUT2D eigenvalue weighted by molar-refractivity contribution is -0.662. The first-order valence-electron chi connectivity index (χ1n) is 7.75. The summed E-state index contributed by atoms with van der Waals surface area (Å²) >= 11 is 0. The summed E-state index contributed by atoms with van der Waals surface area (Å²) in [5.74, 6) is 1.69. The highest BCUT2D eigenvalue weighted by Gasteiger charge is 2.12. The Morgan fingerprint density at radius 3 is 2.64 bits per heavy atom. The van der Waals surface area contributed by atoms with Crippen molar-refractivity contribution < 1.29 is 24.7 Å². The van der Waals surface area contributed by atoms with Crippen LogP contribution in [0.4, 0.5) is 0 Å². The van der Waals surface area contributed by atoms with Gasteiger partial charge >= 0.3 is 0 Å². The van der Waals surface area contributed by atoms with Crippen molar-refractivity contribution in [3.05, 3.63) is 23.8 Å². The van der Waals surface area contributed by atoms with Gasteiger partial charge in [-0.1, -0.05) is 13.8 Å². The molecule has 0 aliphatic rings. The minimum Gasteiger partial charge on any atom is -0.493 e. The van der Waals surface area contributed by atoms with E-state index >= 15 is 0 Å². The standard InChI is InChI=1S/C17H27NO4/c1-12(2)7-8-18-10-15(20)11-22-16-6-5-14(13(3)19)9-17(16)21-4/h5-6,9,12,15,18,20H,7-8,10-11H2,1-4H3/p+1/t15-/m1/s1. The molecule has 0 heterocycles. The summed E-state index contributed by atoms with van der Waals surface area (Å²) in [5, 5.41) is 12.0. The summed E-state index contributed by atoms with van der Waals surface area (Å²) < 4.78 is 10.8. The van der Waals surface area contributed by atoms with Gasteiger partial charge in [-0.2, -0.15) is 0 Å². The largest absolute Gasteiger partial charge is 0.493 e. The highest BCUT2D eigenvalue weighted by Crippen LogP contribution is 2.28. The zero-order valence-corrected chi connectivity index (χ0v) is 14.0. The number of ketones is 1. The minimum absolute atomic E-state index is 0.0235. The zero-order chi connectivity index (χ0) is 16.5. The molecule has 0 saturated carbocycles. The third-order valence-corrected chi connectivity index (χ3v) is 3.39. The molecule has 3 N–H and O–H groups in total. The average molecular weight is 310 g/mol. The molecule has 1 aromatic rings. The SMILES string of the molecule is COc1cc(C(C)=O)ccc1OC[C@H](O)C[NH2+]CCC(C)C. The monoisotopic (exact) mass is 310 g/mol. The maximum absolute atomic E-state index is 11.3. The lowest BCUT2D eigenvalue weighted by atomic mass is 10.1. The van der Waals surface area contributed by atoms with E-state index in [1.807, 2.05) is 0 Å². The Morgan fingerprint density at radius 1 is 1.32 bits per heavy atom. The van der Waals surface area contributed by atoms with Crippen molar-refractivity contribution in [1.29, 1.82) is 0 Å². The first-order chi connectivity index (χ1) is 10.4. The number of ether oxygens (including phenoxy) is 2. The molecular weight excluding hydrogens is 282 g/mol. The van der Waals surface area contributed by atoms with Crippen LogP contribution < -0.4 is 14.8 Å². The number of benzene rings is 1. The van der Waals surface area contributed by atoms with Crippen molar-refractivity contribution in [1.82, 2.24) is 0 Å². The molecule has 1 aromatic carbocycles. The number of carbonyl (C=O) groups excluding carboxylic acids is 1. The Labute approximate surface area is 132 Å². The van der Waals surface area contributed by atoms with Gasteiger partial charge in [-0.25, -0.2) is 0 Å². The van der Waals surface area contributed by atoms with Crippen LogP contribution in [0, 0.1) is 5.92 Å². The maximum atomic E-state index is 11.3. The zero-order valence-electron chi connectivity index (χ0n) is 14.0. The quantitative estimate of drug-likeness (QED) is 0.504. The predicted molar refractivity (Wildman–Crippen MR) is 85.6 cm³/mol. The van der Waals surface area contributed by atoms with Crippen LogP contribution in [-0.4, -0.2) is 43.8 Å².